The lowest BCUT2D eigenvalue weighted by molar-refractivity contribution is 1.46. The maximum absolute atomic E-state index is 8.73. The van der Waals surface area contributed by atoms with Crippen LogP contribution in [0.2, 0.25) is 0 Å². The minimum Gasteiger partial charge on any atom is -0.392 e. The van der Waals surface area contributed by atoms with E-state index in [0.717, 1.165) is 11.1 Å². The van der Waals surface area contributed by atoms with Crippen LogP contribution in [0.1, 0.15) is 0 Å². The molecule has 0 saturated carbocycles. The highest BCUT2D eigenvalue weighted by molar-refractivity contribution is 5.85. The van der Waals surface area contributed by atoms with Gasteiger partial charge in [0.2, 0.25) is 5.39 Å². The van der Waals surface area contributed by atoms with Gasteiger partial charge in [0.05, 0.1) is 0 Å². The van der Waals surface area contributed by atoms with E-state index in [-0.39, 0.29) is 0 Å². The van der Waals surface area contributed by atoms with Crippen molar-refractivity contribution in [3.8, 4) is 11.1 Å². The fraction of sp³-hybridized carbons (Fsp3) is 0. The van der Waals surface area contributed by atoms with Crippen LogP contribution in [0.25, 0.3) is 16.1 Å². The number of hydrogen-bond acceptors (Lipinski definition) is 2. The Labute approximate surface area is 87.8 Å². The summed E-state index contributed by atoms with van der Waals surface area (Å²) >= 11 is 0. The van der Waals surface area contributed by atoms with Crippen LogP contribution in [-0.4, -0.2) is 0 Å². The van der Waals surface area contributed by atoms with Crippen molar-refractivity contribution in [2.24, 2.45) is 0 Å². The van der Waals surface area contributed by atoms with Crippen LogP contribution in [0.3, 0.4) is 0 Å². The van der Waals surface area contributed by atoms with Gasteiger partial charge in [-0.3, -0.25) is 0 Å². The van der Waals surface area contributed by atoms with Crippen LogP contribution < -0.4 is 5.73 Å². The maximum Gasteiger partial charge on any atom is 0.408 e. The van der Waals surface area contributed by atoms with Crippen LogP contribution in [0.4, 0.5) is 11.4 Å². The molecular formula is C12H10N3+. The molecule has 2 N–H and O–H groups in total. The zero-order valence-corrected chi connectivity index (χ0v) is 8.09. The minimum absolute atomic E-state index is 0.399. The average molecular weight is 196 g/mol. The Bertz CT molecular complexity index is 512. The Morgan fingerprint density at radius 1 is 0.933 bits per heavy atom. The molecule has 0 aromatic heterocycles. The standard InChI is InChI=1S/C12H10N3/c13-12-10(7-4-8-11(12)15-14)9-5-2-1-3-6-9/h1-8H,13H2/q+1. The molecule has 0 atom stereocenters. The molecule has 3 heteroatoms. The summed E-state index contributed by atoms with van der Waals surface area (Å²) in [7, 11) is 0. The van der Waals surface area contributed by atoms with Crippen molar-refractivity contribution in [1.82, 2.24) is 0 Å². The molecule has 72 valence electrons. The van der Waals surface area contributed by atoms with Crippen molar-refractivity contribution in [2.75, 3.05) is 5.73 Å². The molecule has 0 aliphatic rings. The molecule has 0 fully saturated rings. The normalized spacial score (nSPS) is 9.53. The number of rotatable bonds is 1. The van der Waals surface area contributed by atoms with E-state index in [4.69, 9.17) is 11.1 Å². The van der Waals surface area contributed by atoms with E-state index in [1.54, 1.807) is 6.07 Å². The number of nitrogens with two attached hydrogens (primary N) is 1. The van der Waals surface area contributed by atoms with Gasteiger partial charge in [0, 0.05) is 11.6 Å². The number of diazo groups is 1. The predicted molar refractivity (Wildman–Crippen MR) is 61.0 cm³/mol. The number of nitrogen functional groups attached to an aromatic ring is 1. The van der Waals surface area contributed by atoms with Crippen molar-refractivity contribution >= 4 is 11.4 Å². The van der Waals surface area contributed by atoms with Gasteiger partial charge in [-0.05, 0) is 5.56 Å². The van der Waals surface area contributed by atoms with Gasteiger partial charge in [-0.25, -0.2) is 0 Å². The molecule has 0 bridgehead atoms. The molecule has 0 amide bonds. The van der Waals surface area contributed by atoms with E-state index < -0.39 is 0 Å². The lowest BCUT2D eigenvalue weighted by Gasteiger charge is -2.02. The fourth-order valence-corrected chi connectivity index (χ4v) is 1.51. The molecule has 2 aromatic carbocycles. The molecule has 3 nitrogen and oxygen atoms in total. The topological polar surface area (TPSA) is 54.2 Å². The Hall–Kier alpha value is -2.34. The first-order valence-corrected chi connectivity index (χ1v) is 4.62. The zero-order valence-electron chi connectivity index (χ0n) is 8.09. The van der Waals surface area contributed by atoms with Gasteiger partial charge >= 0.3 is 5.69 Å². The van der Waals surface area contributed by atoms with Gasteiger partial charge in [0.15, 0.2) is 4.98 Å². The van der Waals surface area contributed by atoms with Gasteiger partial charge in [-0.1, -0.05) is 42.5 Å². The van der Waals surface area contributed by atoms with E-state index in [2.05, 4.69) is 4.98 Å². The number of nitrogens with zero attached hydrogens (tertiary/aromatic N) is 2. The Morgan fingerprint density at radius 3 is 2.33 bits per heavy atom. The molecular weight excluding hydrogens is 186 g/mol. The highest BCUT2D eigenvalue weighted by Gasteiger charge is 2.14. The molecule has 2 aromatic rings. The highest BCUT2D eigenvalue weighted by atomic mass is 14.9. The summed E-state index contributed by atoms with van der Waals surface area (Å²) in [5.74, 6) is 0. The van der Waals surface area contributed by atoms with Crippen molar-refractivity contribution < 1.29 is 0 Å². The smallest absolute Gasteiger partial charge is 0.392 e. The van der Waals surface area contributed by atoms with Crippen molar-refractivity contribution in [2.45, 2.75) is 0 Å². The van der Waals surface area contributed by atoms with E-state index in [1.807, 2.05) is 42.5 Å². The van der Waals surface area contributed by atoms with Gasteiger partial charge in [0.1, 0.15) is 5.69 Å². The van der Waals surface area contributed by atoms with E-state index in [1.165, 1.54) is 0 Å². The summed E-state index contributed by atoms with van der Waals surface area (Å²) in [6.45, 7) is 0. The van der Waals surface area contributed by atoms with Crippen LogP contribution in [0, 0.1) is 5.39 Å². The average Bonchev–Trinajstić information content (AvgIpc) is 2.30. The van der Waals surface area contributed by atoms with E-state index in [0.29, 0.717) is 11.4 Å². The second kappa shape index (κ2) is 3.81. The summed E-state index contributed by atoms with van der Waals surface area (Å²) < 4.78 is 0. The van der Waals surface area contributed by atoms with E-state index in [9.17, 15) is 0 Å². The van der Waals surface area contributed by atoms with Crippen molar-refractivity contribution in [3.05, 3.63) is 53.5 Å². The quantitative estimate of drug-likeness (QED) is 0.561. The second-order valence-electron chi connectivity index (χ2n) is 3.20. The van der Waals surface area contributed by atoms with E-state index >= 15 is 0 Å². The Balaban J connectivity index is 2.61. The number of benzene rings is 2. The van der Waals surface area contributed by atoms with Crippen LogP contribution in [-0.2, 0) is 0 Å². The molecule has 0 aliphatic carbocycles. The lowest BCUT2D eigenvalue weighted by atomic mass is 10.0. The van der Waals surface area contributed by atoms with Crippen LogP contribution in [0.5, 0.6) is 0 Å². The molecule has 0 saturated heterocycles. The molecule has 2 rings (SSSR count). The summed E-state index contributed by atoms with van der Waals surface area (Å²) in [5.41, 5.74) is 8.66. The van der Waals surface area contributed by atoms with Gasteiger partial charge in [0.25, 0.3) is 0 Å². The molecule has 0 spiro atoms. The first-order chi connectivity index (χ1) is 7.33. The Morgan fingerprint density at radius 2 is 1.67 bits per heavy atom. The van der Waals surface area contributed by atoms with Crippen LogP contribution >= 0.6 is 0 Å². The van der Waals surface area contributed by atoms with Gasteiger partial charge in [-0.2, -0.15) is 0 Å². The number of para-hydroxylation sites is 1. The minimum atomic E-state index is 0.399. The molecule has 0 heterocycles. The molecule has 0 radical (unpaired) electrons. The number of hydrogen-bond donors (Lipinski definition) is 1. The highest BCUT2D eigenvalue weighted by Crippen LogP contribution is 2.32. The monoisotopic (exact) mass is 196 g/mol. The first kappa shape index (κ1) is 9.22. The largest absolute Gasteiger partial charge is 0.408 e. The zero-order chi connectivity index (χ0) is 10.7. The van der Waals surface area contributed by atoms with Crippen LogP contribution in [0.15, 0.2) is 48.5 Å². The van der Waals surface area contributed by atoms with Gasteiger partial charge < -0.3 is 5.73 Å². The van der Waals surface area contributed by atoms with Crippen molar-refractivity contribution in [3.63, 3.8) is 0 Å². The summed E-state index contributed by atoms with van der Waals surface area (Å²) in [4.78, 5) is 3.13. The van der Waals surface area contributed by atoms with Crippen molar-refractivity contribution in [1.29, 1.82) is 5.39 Å². The first-order valence-electron chi connectivity index (χ1n) is 4.62. The third kappa shape index (κ3) is 1.65. The maximum atomic E-state index is 8.73. The van der Waals surface area contributed by atoms with Gasteiger partial charge in [-0.15, -0.1) is 0 Å². The third-order valence-electron chi connectivity index (χ3n) is 2.28. The summed E-state index contributed by atoms with van der Waals surface area (Å²) in [6.07, 6.45) is 0. The third-order valence-corrected chi connectivity index (χ3v) is 2.28. The molecule has 0 aliphatic heterocycles. The SMILES string of the molecule is N#[N+]c1cccc(-c2ccccc2)c1N. The lowest BCUT2D eigenvalue weighted by Crippen LogP contribution is -1.89. The summed E-state index contributed by atoms with van der Waals surface area (Å²) in [5, 5.41) is 8.73. The molecule has 15 heavy (non-hydrogen) atoms. The Kier molecular flexibility index (Phi) is 2.34. The summed E-state index contributed by atoms with van der Waals surface area (Å²) in [6, 6.07) is 15.1. The second-order valence-corrected chi connectivity index (χ2v) is 3.20. The number of anilines is 1. The fourth-order valence-electron chi connectivity index (χ4n) is 1.51. The molecule has 0 unspecified atom stereocenters. The predicted octanol–water partition coefficient (Wildman–Crippen LogP) is 3.42.